The van der Waals surface area contributed by atoms with Gasteiger partial charge in [0.2, 0.25) is 10.7 Å². The number of alkyl halides is 3. The first-order chi connectivity index (χ1) is 10.5. The summed E-state index contributed by atoms with van der Waals surface area (Å²) >= 11 is 0. The number of benzene rings is 1. The standard InChI is InChI=1S/C13H11F4N3OS/c14-6-11(17)22(21)13-18-12-9(16)5-10(20(12)19-13)7-3-1-2-4-8(7)15/h1-4,9-11H,5-6H2/t9-,10-,11?,22+/m0/s1. The summed E-state index contributed by atoms with van der Waals surface area (Å²) in [6.45, 7) is -1.45. The van der Waals surface area contributed by atoms with Crippen LogP contribution in [0.4, 0.5) is 17.6 Å². The van der Waals surface area contributed by atoms with Crippen molar-refractivity contribution in [3.63, 3.8) is 0 Å². The van der Waals surface area contributed by atoms with Crippen LogP contribution in [0.3, 0.4) is 0 Å². The van der Waals surface area contributed by atoms with Gasteiger partial charge < -0.3 is 0 Å². The molecule has 1 aliphatic rings. The molecule has 0 radical (unpaired) electrons. The van der Waals surface area contributed by atoms with Gasteiger partial charge in [-0.2, -0.15) is 0 Å². The van der Waals surface area contributed by atoms with Crippen LogP contribution >= 0.6 is 0 Å². The molecule has 0 saturated carbocycles. The van der Waals surface area contributed by atoms with Gasteiger partial charge in [0.05, 0.1) is 6.04 Å². The second-order valence-electron chi connectivity index (χ2n) is 4.80. The van der Waals surface area contributed by atoms with Crippen LogP contribution in [0.1, 0.15) is 30.0 Å². The van der Waals surface area contributed by atoms with Gasteiger partial charge in [0, 0.05) is 12.0 Å². The van der Waals surface area contributed by atoms with Gasteiger partial charge in [0.1, 0.15) is 23.3 Å². The molecule has 4 atom stereocenters. The molecule has 22 heavy (non-hydrogen) atoms. The van der Waals surface area contributed by atoms with Crippen LogP contribution in [0, 0.1) is 5.82 Å². The Hall–Kier alpha value is -1.77. The zero-order valence-electron chi connectivity index (χ0n) is 11.1. The van der Waals surface area contributed by atoms with Crippen molar-refractivity contribution in [2.75, 3.05) is 6.67 Å². The van der Waals surface area contributed by atoms with E-state index in [1.165, 1.54) is 18.2 Å². The summed E-state index contributed by atoms with van der Waals surface area (Å²) in [7, 11) is -2.42. The molecule has 118 valence electrons. The predicted molar refractivity (Wildman–Crippen MR) is 70.3 cm³/mol. The van der Waals surface area contributed by atoms with Crippen molar-refractivity contribution in [2.24, 2.45) is 0 Å². The average molecular weight is 333 g/mol. The monoisotopic (exact) mass is 333 g/mol. The number of halogens is 4. The highest BCUT2D eigenvalue weighted by atomic mass is 32.2. The Morgan fingerprint density at radius 1 is 1.41 bits per heavy atom. The summed E-state index contributed by atoms with van der Waals surface area (Å²) in [5.74, 6) is -0.680. The molecule has 0 fully saturated rings. The quantitative estimate of drug-likeness (QED) is 0.809. The van der Waals surface area contributed by atoms with E-state index in [1.807, 2.05) is 0 Å². The molecule has 0 aliphatic carbocycles. The van der Waals surface area contributed by atoms with Gasteiger partial charge in [0.15, 0.2) is 12.0 Å². The lowest BCUT2D eigenvalue weighted by atomic mass is 10.0. The fraction of sp³-hybridized carbons (Fsp3) is 0.385. The molecular formula is C13H11F4N3OS. The zero-order chi connectivity index (χ0) is 15.9. The molecule has 0 spiro atoms. The lowest BCUT2D eigenvalue weighted by molar-refractivity contribution is 0.324. The molecule has 0 bridgehead atoms. The van der Waals surface area contributed by atoms with Gasteiger partial charge >= 0.3 is 0 Å². The van der Waals surface area contributed by atoms with Crippen molar-refractivity contribution in [1.29, 1.82) is 0 Å². The Labute approximate surface area is 125 Å². The Bertz CT molecular complexity index is 723. The van der Waals surface area contributed by atoms with Crippen LogP contribution in [0.25, 0.3) is 0 Å². The summed E-state index contributed by atoms with van der Waals surface area (Å²) in [4.78, 5) is 3.69. The van der Waals surface area contributed by atoms with Gasteiger partial charge in [-0.25, -0.2) is 31.4 Å². The van der Waals surface area contributed by atoms with Gasteiger partial charge in [-0.05, 0) is 6.07 Å². The van der Waals surface area contributed by atoms with Crippen LogP contribution in [0.5, 0.6) is 0 Å². The minimum absolute atomic E-state index is 0.0641. The van der Waals surface area contributed by atoms with Crippen molar-refractivity contribution < 1.29 is 21.8 Å². The zero-order valence-corrected chi connectivity index (χ0v) is 11.9. The van der Waals surface area contributed by atoms with E-state index >= 15 is 0 Å². The molecule has 9 heteroatoms. The third-order valence-electron chi connectivity index (χ3n) is 3.44. The van der Waals surface area contributed by atoms with E-state index < -0.39 is 46.2 Å². The molecular weight excluding hydrogens is 322 g/mol. The van der Waals surface area contributed by atoms with Crippen LogP contribution in [-0.2, 0) is 10.8 Å². The van der Waals surface area contributed by atoms with Crippen molar-refractivity contribution in [1.82, 2.24) is 14.8 Å². The van der Waals surface area contributed by atoms with Crippen LogP contribution in [0.15, 0.2) is 29.4 Å². The fourth-order valence-electron chi connectivity index (χ4n) is 2.42. The molecule has 3 rings (SSSR count). The molecule has 1 aromatic heterocycles. The van der Waals surface area contributed by atoms with E-state index in [0.717, 1.165) is 4.68 Å². The smallest absolute Gasteiger partial charge is 0.242 e. The second kappa shape index (κ2) is 5.79. The molecule has 0 N–H and O–H groups in total. The maximum Gasteiger partial charge on any atom is 0.242 e. The summed E-state index contributed by atoms with van der Waals surface area (Å²) in [6.07, 6.45) is -1.60. The highest BCUT2D eigenvalue weighted by molar-refractivity contribution is 7.85. The van der Waals surface area contributed by atoms with Crippen LogP contribution in [0.2, 0.25) is 0 Å². The van der Waals surface area contributed by atoms with Crippen molar-refractivity contribution >= 4 is 10.8 Å². The van der Waals surface area contributed by atoms with E-state index in [1.54, 1.807) is 6.07 Å². The third kappa shape index (κ3) is 2.43. The summed E-state index contributed by atoms with van der Waals surface area (Å²) in [5.41, 5.74) is -2.05. The number of hydrogen-bond donors (Lipinski definition) is 0. The normalized spacial score (nSPS) is 23.3. The molecule has 1 aromatic carbocycles. The molecule has 2 heterocycles. The van der Waals surface area contributed by atoms with Crippen molar-refractivity contribution in [3.8, 4) is 0 Å². The van der Waals surface area contributed by atoms with Crippen LogP contribution < -0.4 is 0 Å². The van der Waals surface area contributed by atoms with E-state index in [0.29, 0.717) is 0 Å². The lowest BCUT2D eigenvalue weighted by Crippen LogP contribution is -2.14. The Kier molecular flexibility index (Phi) is 3.98. The predicted octanol–water partition coefficient (Wildman–Crippen LogP) is 2.79. The first-order valence-electron chi connectivity index (χ1n) is 6.48. The first-order valence-corrected chi connectivity index (χ1v) is 7.69. The lowest BCUT2D eigenvalue weighted by Gasteiger charge is -2.12. The molecule has 1 aliphatic heterocycles. The Balaban J connectivity index is 2.00. The highest BCUT2D eigenvalue weighted by Crippen LogP contribution is 2.40. The Morgan fingerprint density at radius 3 is 2.82 bits per heavy atom. The summed E-state index contributed by atoms with van der Waals surface area (Å²) < 4.78 is 66.0. The minimum atomic E-state index is -2.42. The SMILES string of the molecule is O=[S@@](c1nc2n(n1)[C@H](c1ccccc1F)C[C@@H]2F)C(F)CF. The molecule has 2 aromatic rings. The van der Waals surface area contributed by atoms with E-state index in [2.05, 4.69) is 10.1 Å². The minimum Gasteiger partial charge on any atom is -0.248 e. The Morgan fingerprint density at radius 2 is 2.14 bits per heavy atom. The van der Waals surface area contributed by atoms with Crippen molar-refractivity contribution in [3.05, 3.63) is 41.5 Å². The number of rotatable bonds is 4. The average Bonchev–Trinajstić information content (AvgIpc) is 3.07. The third-order valence-corrected chi connectivity index (χ3v) is 4.56. The molecule has 1 unspecified atom stereocenters. The summed E-state index contributed by atoms with van der Waals surface area (Å²) in [6, 6.07) is 5.06. The van der Waals surface area contributed by atoms with E-state index in [4.69, 9.17) is 0 Å². The molecule has 0 saturated heterocycles. The van der Waals surface area contributed by atoms with E-state index in [9.17, 15) is 21.8 Å². The maximum absolute atomic E-state index is 14.0. The van der Waals surface area contributed by atoms with Gasteiger partial charge in [-0.15, -0.1) is 5.10 Å². The van der Waals surface area contributed by atoms with Gasteiger partial charge in [-0.1, -0.05) is 18.2 Å². The van der Waals surface area contributed by atoms with Crippen LogP contribution in [-0.4, -0.2) is 31.2 Å². The number of fused-ring (bicyclic) bond motifs is 1. The fourth-order valence-corrected chi connectivity index (χ4v) is 3.12. The second-order valence-corrected chi connectivity index (χ2v) is 6.27. The summed E-state index contributed by atoms with van der Waals surface area (Å²) in [5, 5.41) is 3.32. The van der Waals surface area contributed by atoms with Gasteiger partial charge in [0.25, 0.3) is 0 Å². The molecule has 0 amide bonds. The number of aromatic nitrogens is 3. The molecule has 4 nitrogen and oxygen atoms in total. The number of hydrogen-bond acceptors (Lipinski definition) is 3. The largest absolute Gasteiger partial charge is 0.248 e. The number of nitrogens with zero attached hydrogens (tertiary/aromatic N) is 3. The van der Waals surface area contributed by atoms with Crippen molar-refractivity contribution in [2.45, 2.75) is 29.3 Å². The maximum atomic E-state index is 14.0. The van der Waals surface area contributed by atoms with E-state index in [-0.39, 0.29) is 17.8 Å². The first kappa shape index (κ1) is 15.1. The topological polar surface area (TPSA) is 47.8 Å². The van der Waals surface area contributed by atoms with Gasteiger partial charge in [-0.3, -0.25) is 0 Å². The highest BCUT2D eigenvalue weighted by Gasteiger charge is 2.38.